The Hall–Kier alpha value is -1.07. The molecule has 1 aromatic carbocycles. The summed E-state index contributed by atoms with van der Waals surface area (Å²) in [7, 11) is -2.92. The smallest absolute Gasteiger partial charge is 0.150 e. The van der Waals surface area contributed by atoms with Crippen molar-refractivity contribution in [3.05, 3.63) is 30.3 Å². The van der Waals surface area contributed by atoms with E-state index in [-0.39, 0.29) is 11.5 Å². The van der Waals surface area contributed by atoms with Crippen LogP contribution in [0.3, 0.4) is 0 Å². The fourth-order valence-corrected chi connectivity index (χ4v) is 3.71. The molecule has 0 saturated carbocycles. The normalized spacial score (nSPS) is 18.7. The molecule has 1 heterocycles. The minimum Gasteiger partial charge on any atom is -0.390 e. The van der Waals surface area contributed by atoms with Gasteiger partial charge in [0, 0.05) is 24.5 Å². The van der Waals surface area contributed by atoms with E-state index in [2.05, 4.69) is 17.0 Å². The van der Waals surface area contributed by atoms with Crippen molar-refractivity contribution in [3.63, 3.8) is 0 Å². The second kappa shape index (κ2) is 6.79. The largest absolute Gasteiger partial charge is 0.390 e. The molecular formula is C16H25NO3S. The predicted octanol–water partition coefficient (Wildman–Crippen LogP) is 2.23. The maximum atomic E-state index is 11.5. The predicted molar refractivity (Wildman–Crippen MR) is 86.4 cm³/mol. The number of para-hydroxylation sites is 1. The van der Waals surface area contributed by atoms with E-state index in [0.29, 0.717) is 25.7 Å². The van der Waals surface area contributed by atoms with Gasteiger partial charge in [0.25, 0.3) is 0 Å². The first kappa shape index (κ1) is 16.3. The molecule has 0 amide bonds. The molecule has 1 saturated heterocycles. The van der Waals surface area contributed by atoms with E-state index >= 15 is 0 Å². The zero-order valence-electron chi connectivity index (χ0n) is 12.7. The van der Waals surface area contributed by atoms with Gasteiger partial charge in [0.2, 0.25) is 0 Å². The van der Waals surface area contributed by atoms with Gasteiger partial charge in [-0.05, 0) is 37.8 Å². The Morgan fingerprint density at radius 3 is 2.38 bits per heavy atom. The summed E-state index contributed by atoms with van der Waals surface area (Å²) in [5.74, 6) is 0.376. The van der Waals surface area contributed by atoms with Gasteiger partial charge < -0.3 is 10.0 Å². The number of piperidine rings is 1. The van der Waals surface area contributed by atoms with Crippen LogP contribution in [0, 0.1) is 0 Å². The van der Waals surface area contributed by atoms with E-state index < -0.39 is 15.4 Å². The van der Waals surface area contributed by atoms with E-state index in [9.17, 15) is 13.5 Å². The lowest BCUT2D eigenvalue weighted by Crippen LogP contribution is -2.44. The van der Waals surface area contributed by atoms with Crippen LogP contribution in [0.4, 0.5) is 5.69 Å². The third-order valence-electron chi connectivity index (χ3n) is 4.35. The maximum Gasteiger partial charge on any atom is 0.150 e. The van der Waals surface area contributed by atoms with Gasteiger partial charge in [0.05, 0.1) is 11.4 Å². The summed E-state index contributed by atoms with van der Waals surface area (Å²) in [5.41, 5.74) is 0.488. The van der Waals surface area contributed by atoms with Crippen molar-refractivity contribution in [1.82, 2.24) is 0 Å². The third kappa shape index (κ3) is 4.71. The molecule has 118 valence electrons. The lowest BCUT2D eigenvalue weighted by molar-refractivity contribution is 0.00759. The Kier molecular flexibility index (Phi) is 5.27. The Balaban J connectivity index is 1.82. The number of rotatable bonds is 6. The summed E-state index contributed by atoms with van der Waals surface area (Å²) in [4.78, 5) is 2.28. The van der Waals surface area contributed by atoms with E-state index in [1.807, 2.05) is 18.2 Å². The van der Waals surface area contributed by atoms with Crippen molar-refractivity contribution in [2.45, 2.75) is 38.2 Å². The highest BCUT2D eigenvalue weighted by molar-refractivity contribution is 7.91. The average molecular weight is 311 g/mol. The van der Waals surface area contributed by atoms with Crippen LogP contribution in [-0.2, 0) is 9.84 Å². The molecule has 0 unspecified atom stereocenters. The number of hydrogen-bond donors (Lipinski definition) is 1. The van der Waals surface area contributed by atoms with Gasteiger partial charge in [-0.3, -0.25) is 0 Å². The molecule has 2 rings (SSSR count). The molecule has 1 aliphatic rings. The summed E-state index contributed by atoms with van der Waals surface area (Å²) in [6, 6.07) is 10.2. The van der Waals surface area contributed by atoms with Crippen LogP contribution >= 0.6 is 0 Å². The number of anilines is 1. The fourth-order valence-electron chi connectivity index (χ4n) is 2.84. The monoisotopic (exact) mass is 311 g/mol. The van der Waals surface area contributed by atoms with Gasteiger partial charge in [0.1, 0.15) is 9.84 Å². The van der Waals surface area contributed by atoms with Crippen LogP contribution in [0.25, 0.3) is 0 Å². The van der Waals surface area contributed by atoms with E-state index in [4.69, 9.17) is 0 Å². The first-order valence-electron chi connectivity index (χ1n) is 7.67. The summed E-state index contributed by atoms with van der Waals surface area (Å²) >= 11 is 0. The minimum absolute atomic E-state index is 0.188. The highest BCUT2D eigenvalue weighted by atomic mass is 32.2. The number of aliphatic hydroxyl groups is 1. The third-order valence-corrected chi connectivity index (χ3v) is 6.14. The summed E-state index contributed by atoms with van der Waals surface area (Å²) in [6.45, 7) is 3.31. The van der Waals surface area contributed by atoms with Crippen molar-refractivity contribution in [2.75, 3.05) is 29.5 Å². The zero-order valence-corrected chi connectivity index (χ0v) is 13.5. The highest BCUT2D eigenvalue weighted by Crippen LogP contribution is 2.29. The maximum absolute atomic E-state index is 11.5. The minimum atomic E-state index is -2.92. The van der Waals surface area contributed by atoms with Crippen LogP contribution in [-0.4, -0.2) is 43.7 Å². The Bertz CT molecular complexity index is 534. The van der Waals surface area contributed by atoms with Gasteiger partial charge in [0.15, 0.2) is 0 Å². The first-order chi connectivity index (χ1) is 9.94. The van der Waals surface area contributed by atoms with Crippen molar-refractivity contribution in [2.24, 2.45) is 0 Å². The van der Waals surface area contributed by atoms with Gasteiger partial charge >= 0.3 is 0 Å². The SMILES string of the molecule is CCS(=O)(=O)CCCC1(O)CCN(c2ccccc2)CC1. The van der Waals surface area contributed by atoms with Crippen molar-refractivity contribution in [1.29, 1.82) is 0 Å². The van der Waals surface area contributed by atoms with Gasteiger partial charge in [-0.15, -0.1) is 0 Å². The second-order valence-corrected chi connectivity index (χ2v) is 8.36. The van der Waals surface area contributed by atoms with Gasteiger partial charge in [-0.1, -0.05) is 25.1 Å². The first-order valence-corrected chi connectivity index (χ1v) is 9.49. The summed E-state index contributed by atoms with van der Waals surface area (Å²) in [5, 5.41) is 10.6. The van der Waals surface area contributed by atoms with Crippen LogP contribution in [0.15, 0.2) is 30.3 Å². The van der Waals surface area contributed by atoms with Gasteiger partial charge in [-0.2, -0.15) is 0 Å². The van der Waals surface area contributed by atoms with E-state index in [1.54, 1.807) is 6.92 Å². The number of nitrogens with zero attached hydrogens (tertiary/aromatic N) is 1. The summed E-state index contributed by atoms with van der Waals surface area (Å²) < 4.78 is 23.0. The molecule has 0 radical (unpaired) electrons. The number of benzene rings is 1. The van der Waals surface area contributed by atoms with E-state index in [0.717, 1.165) is 13.1 Å². The molecule has 4 nitrogen and oxygen atoms in total. The molecule has 1 aromatic rings. The molecule has 0 bridgehead atoms. The Morgan fingerprint density at radius 1 is 1.19 bits per heavy atom. The van der Waals surface area contributed by atoms with Crippen molar-refractivity contribution in [3.8, 4) is 0 Å². The average Bonchev–Trinajstić information content (AvgIpc) is 2.48. The highest BCUT2D eigenvalue weighted by Gasteiger charge is 2.32. The molecule has 0 aliphatic carbocycles. The molecule has 1 N–H and O–H groups in total. The van der Waals surface area contributed by atoms with Crippen LogP contribution in [0.5, 0.6) is 0 Å². The molecule has 0 spiro atoms. The molecule has 1 fully saturated rings. The van der Waals surface area contributed by atoms with Crippen molar-refractivity contribution < 1.29 is 13.5 Å². The van der Waals surface area contributed by atoms with Crippen LogP contribution < -0.4 is 4.90 Å². The molecule has 1 aliphatic heterocycles. The lowest BCUT2D eigenvalue weighted by atomic mass is 9.87. The number of hydrogen-bond acceptors (Lipinski definition) is 4. The van der Waals surface area contributed by atoms with E-state index in [1.165, 1.54) is 5.69 Å². The lowest BCUT2D eigenvalue weighted by Gasteiger charge is -2.39. The standard InChI is InChI=1S/C16H25NO3S/c1-2-21(19,20)14-6-9-16(18)10-12-17(13-11-16)15-7-4-3-5-8-15/h3-5,7-8,18H,2,6,9-14H2,1H3. The number of sulfone groups is 1. The molecule has 0 atom stereocenters. The van der Waals surface area contributed by atoms with Crippen LogP contribution in [0.2, 0.25) is 0 Å². The fraction of sp³-hybridized carbons (Fsp3) is 0.625. The zero-order chi connectivity index (χ0) is 15.3. The van der Waals surface area contributed by atoms with Crippen LogP contribution in [0.1, 0.15) is 32.6 Å². The summed E-state index contributed by atoms with van der Waals surface area (Å²) in [6.07, 6.45) is 2.54. The molecule has 5 heteroatoms. The molecular weight excluding hydrogens is 286 g/mol. The second-order valence-electron chi connectivity index (χ2n) is 5.89. The molecule has 0 aromatic heterocycles. The van der Waals surface area contributed by atoms with Crippen molar-refractivity contribution >= 4 is 15.5 Å². The topological polar surface area (TPSA) is 57.6 Å². The quantitative estimate of drug-likeness (QED) is 0.875. The van der Waals surface area contributed by atoms with Gasteiger partial charge in [-0.25, -0.2) is 8.42 Å². The Morgan fingerprint density at radius 2 is 1.81 bits per heavy atom. The Labute approximate surface area is 127 Å². The molecule has 21 heavy (non-hydrogen) atoms.